The van der Waals surface area contributed by atoms with Gasteiger partial charge in [-0.15, -0.1) is 11.3 Å². The van der Waals surface area contributed by atoms with E-state index in [-0.39, 0.29) is 0 Å². The van der Waals surface area contributed by atoms with Gasteiger partial charge in [-0.3, -0.25) is 0 Å². The molecule has 1 heterocycles. The van der Waals surface area contributed by atoms with Gasteiger partial charge in [0.05, 0.1) is 15.7 Å². The highest BCUT2D eigenvalue weighted by molar-refractivity contribution is 7.17. The summed E-state index contributed by atoms with van der Waals surface area (Å²) in [6.07, 6.45) is 0. The Hall–Kier alpha value is -0.890. The van der Waals surface area contributed by atoms with Gasteiger partial charge in [-0.2, -0.15) is 0 Å². The zero-order chi connectivity index (χ0) is 9.42. The average molecular weight is 191 g/mol. The van der Waals surface area contributed by atoms with Gasteiger partial charge < -0.3 is 0 Å². The zero-order valence-electron chi connectivity index (χ0n) is 8.16. The van der Waals surface area contributed by atoms with Crippen molar-refractivity contribution >= 4 is 21.6 Å². The van der Waals surface area contributed by atoms with Crippen molar-refractivity contribution in [1.29, 1.82) is 0 Å². The summed E-state index contributed by atoms with van der Waals surface area (Å²) >= 11 is 1.74. The molecular weight excluding hydrogens is 178 g/mol. The van der Waals surface area contributed by atoms with Crippen molar-refractivity contribution in [2.45, 2.75) is 26.7 Å². The van der Waals surface area contributed by atoms with Crippen LogP contribution in [0.5, 0.6) is 0 Å². The number of thiazole rings is 1. The molecule has 0 amide bonds. The van der Waals surface area contributed by atoms with Gasteiger partial charge in [-0.25, -0.2) is 4.98 Å². The maximum absolute atomic E-state index is 4.34. The van der Waals surface area contributed by atoms with Gasteiger partial charge in [0, 0.05) is 0 Å². The normalized spacial score (nSPS) is 11.4. The summed E-state index contributed by atoms with van der Waals surface area (Å²) in [5.74, 6) is 0.586. The maximum atomic E-state index is 4.34. The standard InChI is InChI=1S/C11H13NS/c1-7(2)9-4-8(3)5-10-11(9)13-6-12-10/h4-7H,1-3H3. The molecule has 0 saturated heterocycles. The Bertz CT molecular complexity index is 429. The molecule has 0 fully saturated rings. The summed E-state index contributed by atoms with van der Waals surface area (Å²) < 4.78 is 1.35. The Balaban J connectivity index is 2.77. The predicted octanol–water partition coefficient (Wildman–Crippen LogP) is 3.73. The summed E-state index contributed by atoms with van der Waals surface area (Å²) in [5, 5.41) is 0. The van der Waals surface area contributed by atoms with E-state index in [4.69, 9.17) is 0 Å². The molecule has 1 aromatic carbocycles. The van der Waals surface area contributed by atoms with Crippen LogP contribution in [0.4, 0.5) is 0 Å². The number of nitrogens with zero attached hydrogens (tertiary/aromatic N) is 1. The van der Waals surface area contributed by atoms with E-state index in [1.54, 1.807) is 11.3 Å². The predicted molar refractivity (Wildman–Crippen MR) is 58.4 cm³/mol. The SMILES string of the molecule is Cc1cc(C(C)C)c2scnc2c1. The summed E-state index contributed by atoms with van der Waals surface area (Å²) in [5.41, 5.74) is 5.81. The van der Waals surface area contributed by atoms with Gasteiger partial charge in [0.1, 0.15) is 0 Å². The molecule has 0 N–H and O–H groups in total. The molecule has 1 nitrogen and oxygen atoms in total. The molecule has 2 rings (SSSR count). The first-order valence-corrected chi connectivity index (χ1v) is 5.40. The highest BCUT2D eigenvalue weighted by Crippen LogP contribution is 2.29. The van der Waals surface area contributed by atoms with E-state index in [1.807, 2.05) is 5.51 Å². The number of fused-ring (bicyclic) bond motifs is 1. The Morgan fingerprint density at radius 3 is 2.77 bits per heavy atom. The minimum Gasteiger partial charge on any atom is -0.245 e. The lowest BCUT2D eigenvalue weighted by atomic mass is 10.0. The molecule has 0 unspecified atom stereocenters. The van der Waals surface area contributed by atoms with Gasteiger partial charge in [-0.1, -0.05) is 19.9 Å². The third-order valence-electron chi connectivity index (χ3n) is 2.23. The Morgan fingerprint density at radius 1 is 1.31 bits per heavy atom. The van der Waals surface area contributed by atoms with Crippen molar-refractivity contribution in [1.82, 2.24) is 4.98 Å². The van der Waals surface area contributed by atoms with E-state index in [0.29, 0.717) is 5.92 Å². The molecule has 0 aliphatic rings. The highest BCUT2D eigenvalue weighted by Gasteiger charge is 2.07. The molecular formula is C11H13NS. The minimum atomic E-state index is 0.586. The second-order valence-electron chi connectivity index (χ2n) is 3.71. The van der Waals surface area contributed by atoms with Crippen LogP contribution in [0.15, 0.2) is 17.6 Å². The number of rotatable bonds is 1. The second-order valence-corrected chi connectivity index (χ2v) is 4.56. The van der Waals surface area contributed by atoms with Crippen LogP contribution in [0.25, 0.3) is 10.2 Å². The average Bonchev–Trinajstić information content (AvgIpc) is 2.49. The molecule has 0 saturated carbocycles. The van der Waals surface area contributed by atoms with E-state index >= 15 is 0 Å². The first-order valence-electron chi connectivity index (χ1n) is 4.52. The summed E-state index contributed by atoms with van der Waals surface area (Å²) in [6.45, 7) is 6.59. The first-order chi connectivity index (χ1) is 6.18. The number of aryl methyl sites for hydroxylation is 1. The summed E-state index contributed by atoms with van der Waals surface area (Å²) in [6, 6.07) is 4.42. The lowest BCUT2D eigenvalue weighted by Crippen LogP contribution is -1.88. The zero-order valence-corrected chi connectivity index (χ0v) is 8.98. The third kappa shape index (κ3) is 1.46. The van der Waals surface area contributed by atoms with Gasteiger partial charge in [0.2, 0.25) is 0 Å². The second kappa shape index (κ2) is 3.11. The summed E-state index contributed by atoms with van der Waals surface area (Å²) in [7, 11) is 0. The monoisotopic (exact) mass is 191 g/mol. The molecule has 0 radical (unpaired) electrons. The lowest BCUT2D eigenvalue weighted by Gasteiger charge is -2.07. The topological polar surface area (TPSA) is 12.9 Å². The van der Waals surface area contributed by atoms with E-state index in [1.165, 1.54) is 15.8 Å². The molecule has 0 bridgehead atoms. The first kappa shape index (κ1) is 8.70. The van der Waals surface area contributed by atoms with Crippen LogP contribution < -0.4 is 0 Å². The Kier molecular flexibility index (Phi) is 2.08. The van der Waals surface area contributed by atoms with Crippen molar-refractivity contribution in [2.24, 2.45) is 0 Å². The van der Waals surface area contributed by atoms with Crippen LogP contribution >= 0.6 is 11.3 Å². The molecule has 0 spiro atoms. The van der Waals surface area contributed by atoms with E-state index in [0.717, 1.165) is 5.52 Å². The number of aromatic nitrogens is 1. The highest BCUT2D eigenvalue weighted by atomic mass is 32.1. The Morgan fingerprint density at radius 2 is 2.08 bits per heavy atom. The van der Waals surface area contributed by atoms with Crippen molar-refractivity contribution < 1.29 is 0 Å². The van der Waals surface area contributed by atoms with Crippen molar-refractivity contribution in [3.05, 3.63) is 28.8 Å². The van der Waals surface area contributed by atoms with Crippen molar-refractivity contribution in [3.63, 3.8) is 0 Å². The van der Waals surface area contributed by atoms with Gasteiger partial charge in [0.15, 0.2) is 0 Å². The molecule has 1 aromatic heterocycles. The van der Waals surface area contributed by atoms with Crippen molar-refractivity contribution in [2.75, 3.05) is 0 Å². The smallest absolute Gasteiger partial charge is 0.0817 e. The van der Waals surface area contributed by atoms with Gasteiger partial charge in [-0.05, 0) is 30.0 Å². The molecule has 2 heteroatoms. The van der Waals surface area contributed by atoms with Crippen LogP contribution in [0.1, 0.15) is 30.9 Å². The fourth-order valence-electron chi connectivity index (χ4n) is 1.57. The Labute approximate surface area is 82.4 Å². The van der Waals surface area contributed by atoms with Crippen LogP contribution in [0.3, 0.4) is 0 Å². The number of benzene rings is 1. The van der Waals surface area contributed by atoms with Crippen LogP contribution in [0.2, 0.25) is 0 Å². The summed E-state index contributed by atoms with van der Waals surface area (Å²) in [4.78, 5) is 4.34. The molecule has 2 aromatic rings. The van der Waals surface area contributed by atoms with Crippen LogP contribution in [-0.2, 0) is 0 Å². The third-order valence-corrected chi connectivity index (χ3v) is 3.12. The lowest BCUT2D eigenvalue weighted by molar-refractivity contribution is 0.876. The van der Waals surface area contributed by atoms with Crippen LogP contribution in [-0.4, -0.2) is 4.98 Å². The number of hydrogen-bond donors (Lipinski definition) is 0. The van der Waals surface area contributed by atoms with E-state index in [2.05, 4.69) is 37.9 Å². The minimum absolute atomic E-state index is 0.586. The molecule has 68 valence electrons. The van der Waals surface area contributed by atoms with E-state index in [9.17, 15) is 0 Å². The molecule has 0 aliphatic heterocycles. The fraction of sp³-hybridized carbons (Fsp3) is 0.364. The van der Waals surface area contributed by atoms with E-state index < -0.39 is 0 Å². The molecule has 0 aliphatic carbocycles. The molecule has 0 atom stereocenters. The fourth-order valence-corrected chi connectivity index (χ4v) is 2.51. The van der Waals surface area contributed by atoms with Crippen LogP contribution in [0, 0.1) is 6.92 Å². The largest absolute Gasteiger partial charge is 0.245 e. The van der Waals surface area contributed by atoms with Gasteiger partial charge >= 0.3 is 0 Å². The van der Waals surface area contributed by atoms with Gasteiger partial charge in [0.25, 0.3) is 0 Å². The van der Waals surface area contributed by atoms with Crippen molar-refractivity contribution in [3.8, 4) is 0 Å². The number of hydrogen-bond acceptors (Lipinski definition) is 2. The quantitative estimate of drug-likeness (QED) is 0.669. The maximum Gasteiger partial charge on any atom is 0.0817 e. The molecule has 13 heavy (non-hydrogen) atoms.